The number of halogens is 1. The van der Waals surface area contributed by atoms with Crippen molar-refractivity contribution < 1.29 is 26.8 Å². The standard InChI is InChI=1S/C25H27FN2O5S/c1-4-32-25(29)23-20-12-19-15(2)27-11-5-6-18(27)14-28(34(3,30)31)21(19)13-22(20)33-24(23)16-7-9-17(26)10-8-16/h7-10,12-13,15,18H,4-6,11,14H2,1-3H3/t15?,18-/m0/s1. The number of anilines is 1. The Hall–Kier alpha value is -2.91. The summed E-state index contributed by atoms with van der Waals surface area (Å²) in [6.45, 7) is 5.24. The second kappa shape index (κ2) is 8.39. The van der Waals surface area contributed by atoms with Crippen molar-refractivity contribution in [2.75, 3.05) is 30.3 Å². The van der Waals surface area contributed by atoms with Gasteiger partial charge >= 0.3 is 5.97 Å². The van der Waals surface area contributed by atoms with Crippen LogP contribution < -0.4 is 4.31 Å². The van der Waals surface area contributed by atoms with Crippen molar-refractivity contribution in [2.45, 2.75) is 38.8 Å². The number of hydrogen-bond acceptors (Lipinski definition) is 6. The Morgan fingerprint density at radius 2 is 1.97 bits per heavy atom. The first-order chi connectivity index (χ1) is 16.2. The lowest BCUT2D eigenvalue weighted by atomic mass is 9.99. The SMILES string of the molecule is CCOC(=O)c1c(-c2ccc(F)cc2)oc2cc3c(cc12)C(C)N1CCC[C@H]1CN3S(C)(=O)=O. The minimum atomic E-state index is -3.55. The van der Waals surface area contributed by atoms with Gasteiger partial charge in [-0.3, -0.25) is 9.21 Å². The third-order valence-electron chi connectivity index (χ3n) is 6.84. The molecule has 34 heavy (non-hydrogen) atoms. The van der Waals surface area contributed by atoms with E-state index in [0.717, 1.165) is 24.9 Å². The van der Waals surface area contributed by atoms with Gasteiger partial charge in [-0.1, -0.05) is 0 Å². The zero-order valence-electron chi connectivity index (χ0n) is 19.4. The summed E-state index contributed by atoms with van der Waals surface area (Å²) in [4.78, 5) is 15.4. The Balaban J connectivity index is 1.78. The fourth-order valence-corrected chi connectivity index (χ4v) is 6.21. The van der Waals surface area contributed by atoms with Gasteiger partial charge in [-0.25, -0.2) is 17.6 Å². The van der Waals surface area contributed by atoms with E-state index in [4.69, 9.17) is 9.15 Å². The van der Waals surface area contributed by atoms with Gasteiger partial charge in [0.05, 0.1) is 18.6 Å². The molecule has 3 aromatic rings. The monoisotopic (exact) mass is 486 g/mol. The Labute approximate surface area is 198 Å². The molecule has 2 aliphatic rings. The van der Waals surface area contributed by atoms with Crippen LogP contribution in [-0.4, -0.2) is 51.3 Å². The van der Waals surface area contributed by atoms with Crippen LogP contribution in [0.15, 0.2) is 40.8 Å². The molecule has 9 heteroatoms. The smallest absolute Gasteiger partial charge is 0.342 e. The van der Waals surface area contributed by atoms with E-state index >= 15 is 0 Å². The molecule has 2 atom stereocenters. The summed E-state index contributed by atoms with van der Waals surface area (Å²) >= 11 is 0. The van der Waals surface area contributed by atoms with E-state index in [9.17, 15) is 17.6 Å². The summed E-state index contributed by atoms with van der Waals surface area (Å²) < 4.78 is 52.1. The predicted octanol–water partition coefficient (Wildman–Crippen LogP) is 4.72. The average Bonchev–Trinajstić information content (AvgIpc) is 3.37. The molecule has 1 unspecified atom stereocenters. The van der Waals surface area contributed by atoms with Gasteiger partial charge < -0.3 is 9.15 Å². The van der Waals surface area contributed by atoms with Gasteiger partial charge in [0.15, 0.2) is 0 Å². The Kier molecular flexibility index (Phi) is 5.64. The van der Waals surface area contributed by atoms with Crippen LogP contribution in [0.2, 0.25) is 0 Å². The first-order valence-corrected chi connectivity index (χ1v) is 13.3. The van der Waals surface area contributed by atoms with Crippen LogP contribution in [0.4, 0.5) is 10.1 Å². The van der Waals surface area contributed by atoms with E-state index in [0.29, 0.717) is 28.8 Å². The molecule has 1 saturated heterocycles. The van der Waals surface area contributed by atoms with Crippen LogP contribution in [0.3, 0.4) is 0 Å². The number of nitrogens with zero attached hydrogens (tertiary/aromatic N) is 2. The number of carbonyl (C=O) groups is 1. The summed E-state index contributed by atoms with van der Waals surface area (Å²) in [5.74, 6) is -0.672. The van der Waals surface area contributed by atoms with Gasteiger partial charge in [-0.15, -0.1) is 0 Å². The fraction of sp³-hybridized carbons (Fsp3) is 0.400. The quantitative estimate of drug-likeness (QED) is 0.497. The van der Waals surface area contributed by atoms with Crippen LogP contribution in [0.25, 0.3) is 22.3 Å². The highest BCUT2D eigenvalue weighted by Crippen LogP contribution is 2.44. The largest absolute Gasteiger partial charge is 0.462 e. The molecule has 7 nitrogen and oxygen atoms in total. The normalized spacial score (nSPS) is 20.8. The Morgan fingerprint density at radius 1 is 1.24 bits per heavy atom. The number of carbonyl (C=O) groups excluding carboxylic acids is 1. The molecule has 0 aliphatic carbocycles. The summed E-state index contributed by atoms with van der Waals surface area (Å²) in [7, 11) is -3.55. The van der Waals surface area contributed by atoms with Crippen LogP contribution in [-0.2, 0) is 14.8 Å². The zero-order chi connectivity index (χ0) is 24.2. The van der Waals surface area contributed by atoms with Gasteiger partial charge in [0, 0.05) is 35.6 Å². The number of hydrogen-bond donors (Lipinski definition) is 0. The van der Waals surface area contributed by atoms with Gasteiger partial charge in [0.25, 0.3) is 0 Å². The Bertz CT molecular complexity index is 1370. The maximum Gasteiger partial charge on any atom is 0.342 e. The first kappa shape index (κ1) is 22.9. The average molecular weight is 487 g/mol. The molecule has 0 amide bonds. The first-order valence-electron chi connectivity index (χ1n) is 11.5. The van der Waals surface area contributed by atoms with Crippen molar-refractivity contribution >= 4 is 32.6 Å². The molecule has 0 spiro atoms. The Morgan fingerprint density at radius 3 is 2.65 bits per heavy atom. The third kappa shape index (κ3) is 3.76. The molecule has 5 rings (SSSR count). The van der Waals surface area contributed by atoms with Crippen molar-refractivity contribution in [1.29, 1.82) is 0 Å². The van der Waals surface area contributed by atoms with Gasteiger partial charge in [0.2, 0.25) is 10.0 Å². The molecule has 1 fully saturated rings. The molecule has 0 saturated carbocycles. The summed E-state index contributed by atoms with van der Waals surface area (Å²) in [5, 5.41) is 0.550. The molecular formula is C25H27FN2O5S. The molecule has 180 valence electrons. The van der Waals surface area contributed by atoms with Crippen LogP contribution in [0.1, 0.15) is 48.7 Å². The minimum absolute atomic E-state index is 0.0436. The van der Waals surface area contributed by atoms with Crippen molar-refractivity contribution in [3.63, 3.8) is 0 Å². The van der Waals surface area contributed by atoms with E-state index in [1.807, 2.05) is 6.07 Å². The number of benzene rings is 2. The molecule has 0 bridgehead atoms. The minimum Gasteiger partial charge on any atom is -0.462 e. The highest BCUT2D eigenvalue weighted by atomic mass is 32.2. The van der Waals surface area contributed by atoms with E-state index in [2.05, 4.69) is 11.8 Å². The summed E-state index contributed by atoms with van der Waals surface area (Å²) in [6, 6.07) is 9.33. The lowest BCUT2D eigenvalue weighted by molar-refractivity contribution is 0.0528. The highest BCUT2D eigenvalue weighted by molar-refractivity contribution is 7.92. The van der Waals surface area contributed by atoms with Crippen molar-refractivity contribution in [3.05, 3.63) is 53.3 Å². The maximum absolute atomic E-state index is 13.5. The molecule has 2 aliphatic heterocycles. The fourth-order valence-electron chi connectivity index (χ4n) is 5.26. The van der Waals surface area contributed by atoms with E-state index < -0.39 is 21.8 Å². The van der Waals surface area contributed by atoms with Gasteiger partial charge in [0.1, 0.15) is 22.7 Å². The molecule has 0 radical (unpaired) electrons. The number of sulfonamides is 1. The third-order valence-corrected chi connectivity index (χ3v) is 7.99. The number of rotatable bonds is 4. The van der Waals surface area contributed by atoms with E-state index in [1.165, 1.54) is 22.7 Å². The molecular weight excluding hydrogens is 459 g/mol. The maximum atomic E-state index is 13.5. The predicted molar refractivity (Wildman–Crippen MR) is 128 cm³/mol. The lowest BCUT2D eigenvalue weighted by Crippen LogP contribution is -2.40. The number of fused-ring (bicyclic) bond motifs is 3. The van der Waals surface area contributed by atoms with Gasteiger partial charge in [-0.05, 0) is 69.1 Å². The second-order valence-electron chi connectivity index (χ2n) is 8.94. The zero-order valence-corrected chi connectivity index (χ0v) is 20.2. The summed E-state index contributed by atoms with van der Waals surface area (Å²) in [5.41, 5.74) is 2.55. The second-order valence-corrected chi connectivity index (χ2v) is 10.9. The number of esters is 1. The van der Waals surface area contributed by atoms with E-state index in [-0.39, 0.29) is 30.0 Å². The van der Waals surface area contributed by atoms with Crippen molar-refractivity contribution in [3.8, 4) is 11.3 Å². The van der Waals surface area contributed by atoms with Gasteiger partial charge in [-0.2, -0.15) is 0 Å². The van der Waals surface area contributed by atoms with Crippen LogP contribution in [0.5, 0.6) is 0 Å². The molecule has 3 heterocycles. The van der Waals surface area contributed by atoms with E-state index in [1.54, 1.807) is 25.1 Å². The number of furan rings is 1. The van der Waals surface area contributed by atoms with Crippen molar-refractivity contribution in [2.24, 2.45) is 0 Å². The number of ether oxygens (including phenoxy) is 1. The topological polar surface area (TPSA) is 80.1 Å². The highest BCUT2D eigenvalue weighted by Gasteiger charge is 2.39. The van der Waals surface area contributed by atoms with Crippen LogP contribution in [0, 0.1) is 5.82 Å². The summed E-state index contributed by atoms with van der Waals surface area (Å²) in [6.07, 6.45) is 3.16. The van der Waals surface area contributed by atoms with Crippen LogP contribution >= 0.6 is 0 Å². The lowest BCUT2D eigenvalue weighted by Gasteiger charge is -2.28. The molecule has 2 aromatic carbocycles. The molecule has 0 N–H and O–H groups in total. The van der Waals surface area contributed by atoms with Crippen molar-refractivity contribution in [1.82, 2.24) is 4.90 Å². The molecule has 1 aromatic heterocycles.